The Labute approximate surface area is 204 Å². The summed E-state index contributed by atoms with van der Waals surface area (Å²) in [5.74, 6) is -0.224. The van der Waals surface area contributed by atoms with Crippen molar-refractivity contribution in [2.75, 3.05) is 12.1 Å². The number of amides is 2. The number of hydrogen-bond donors (Lipinski definition) is 2. The maximum atomic E-state index is 13.2. The molecule has 9 nitrogen and oxygen atoms in total. The average molecular weight is 483 g/mol. The molecule has 1 atom stereocenters. The van der Waals surface area contributed by atoms with E-state index < -0.39 is 29.6 Å². The van der Waals surface area contributed by atoms with Crippen LogP contribution in [0.2, 0.25) is 0 Å². The van der Waals surface area contributed by atoms with Gasteiger partial charge < -0.3 is 29.6 Å². The number of rotatable bonds is 9. The molecule has 2 aromatic carbocycles. The van der Waals surface area contributed by atoms with E-state index in [1.165, 1.54) is 0 Å². The summed E-state index contributed by atoms with van der Waals surface area (Å²) in [6, 6.07) is 11.3. The standard InChI is InChI=1S/C26H30N2O7/c1-5-9-18-12-21-22(34-16-33-21)13-19(18)27-24(30)20(28-25(31)35-26(2,3)4)14-23(29)32-15-17-10-7-6-8-11-17/h5-8,10-13,20H,1,9,14-16H2,2-4H3,(H,27,30)(H,28,31)/t20-/m0/s1. The molecule has 0 saturated heterocycles. The molecule has 0 aromatic heterocycles. The van der Waals surface area contributed by atoms with Gasteiger partial charge >= 0.3 is 12.1 Å². The Bertz CT molecular complexity index is 1080. The average Bonchev–Trinajstić information content (AvgIpc) is 3.24. The number of allylic oxidation sites excluding steroid dienone is 1. The zero-order valence-electron chi connectivity index (χ0n) is 20.1. The highest BCUT2D eigenvalue weighted by atomic mass is 16.7. The third-order valence-corrected chi connectivity index (χ3v) is 4.84. The zero-order valence-corrected chi connectivity index (χ0v) is 20.1. The number of ether oxygens (including phenoxy) is 4. The number of esters is 1. The largest absolute Gasteiger partial charge is 0.461 e. The fourth-order valence-electron chi connectivity index (χ4n) is 3.27. The lowest BCUT2D eigenvalue weighted by Crippen LogP contribution is -2.47. The van der Waals surface area contributed by atoms with Gasteiger partial charge in [-0.25, -0.2) is 4.79 Å². The number of alkyl carbamates (subject to hydrolysis) is 1. The lowest BCUT2D eigenvalue weighted by atomic mass is 10.1. The van der Waals surface area contributed by atoms with Crippen LogP contribution in [0, 0.1) is 0 Å². The van der Waals surface area contributed by atoms with Crippen molar-refractivity contribution >= 4 is 23.7 Å². The highest BCUT2D eigenvalue weighted by Gasteiger charge is 2.28. The van der Waals surface area contributed by atoms with Crippen LogP contribution in [0.3, 0.4) is 0 Å². The molecule has 0 radical (unpaired) electrons. The molecule has 9 heteroatoms. The van der Waals surface area contributed by atoms with E-state index in [0.717, 1.165) is 11.1 Å². The Kier molecular flexibility index (Phi) is 8.35. The summed E-state index contributed by atoms with van der Waals surface area (Å²) in [4.78, 5) is 38.1. The van der Waals surface area contributed by atoms with Gasteiger partial charge in [0.05, 0.1) is 6.42 Å². The SMILES string of the molecule is C=CCc1cc2c(cc1NC(=O)[C@H](CC(=O)OCc1ccccc1)NC(=O)OC(C)(C)C)OCO2. The number of hydrogen-bond acceptors (Lipinski definition) is 7. The summed E-state index contributed by atoms with van der Waals surface area (Å²) in [7, 11) is 0. The number of carbonyl (C=O) groups excluding carboxylic acids is 3. The Morgan fingerprint density at radius 1 is 1.11 bits per heavy atom. The summed E-state index contributed by atoms with van der Waals surface area (Å²) in [5.41, 5.74) is 1.21. The molecule has 0 spiro atoms. The second-order valence-electron chi connectivity index (χ2n) is 8.89. The van der Waals surface area contributed by atoms with E-state index >= 15 is 0 Å². The van der Waals surface area contributed by atoms with Crippen LogP contribution in [0.4, 0.5) is 10.5 Å². The van der Waals surface area contributed by atoms with Crippen molar-refractivity contribution in [3.63, 3.8) is 0 Å². The first-order valence-electron chi connectivity index (χ1n) is 11.2. The minimum Gasteiger partial charge on any atom is -0.461 e. The molecule has 3 rings (SSSR count). The predicted molar refractivity (Wildman–Crippen MR) is 129 cm³/mol. The van der Waals surface area contributed by atoms with Crippen molar-refractivity contribution < 1.29 is 33.3 Å². The lowest BCUT2D eigenvalue weighted by Gasteiger charge is -2.23. The molecule has 1 aliphatic rings. The molecule has 0 bridgehead atoms. The summed E-state index contributed by atoms with van der Waals surface area (Å²) in [6.07, 6.45) is 0.921. The fourth-order valence-corrected chi connectivity index (χ4v) is 3.27. The van der Waals surface area contributed by atoms with Crippen molar-refractivity contribution in [3.8, 4) is 11.5 Å². The van der Waals surface area contributed by atoms with Crippen LogP contribution < -0.4 is 20.1 Å². The monoisotopic (exact) mass is 482 g/mol. The van der Waals surface area contributed by atoms with E-state index in [2.05, 4.69) is 17.2 Å². The smallest absolute Gasteiger partial charge is 0.408 e. The minimum absolute atomic E-state index is 0.0477. The van der Waals surface area contributed by atoms with Gasteiger partial charge in [0.25, 0.3) is 0 Å². The Morgan fingerprint density at radius 2 is 1.80 bits per heavy atom. The third kappa shape index (κ3) is 7.77. The molecule has 0 saturated carbocycles. The van der Waals surface area contributed by atoms with E-state index in [1.54, 1.807) is 39.0 Å². The molecule has 1 aliphatic heterocycles. The second kappa shape index (κ2) is 11.4. The van der Waals surface area contributed by atoms with Gasteiger partial charge in [0.2, 0.25) is 12.7 Å². The van der Waals surface area contributed by atoms with Gasteiger partial charge in [-0.3, -0.25) is 9.59 Å². The topological polar surface area (TPSA) is 112 Å². The van der Waals surface area contributed by atoms with E-state index in [9.17, 15) is 14.4 Å². The van der Waals surface area contributed by atoms with Crippen LogP contribution in [-0.2, 0) is 32.1 Å². The number of anilines is 1. The van der Waals surface area contributed by atoms with Crippen LogP contribution in [0.15, 0.2) is 55.1 Å². The second-order valence-corrected chi connectivity index (χ2v) is 8.89. The van der Waals surface area contributed by atoms with E-state index in [0.29, 0.717) is 23.6 Å². The molecule has 35 heavy (non-hydrogen) atoms. The summed E-state index contributed by atoms with van der Waals surface area (Å²) >= 11 is 0. The van der Waals surface area contributed by atoms with Gasteiger partial charge in [0, 0.05) is 11.8 Å². The van der Waals surface area contributed by atoms with Crippen molar-refractivity contribution in [1.82, 2.24) is 5.32 Å². The highest BCUT2D eigenvalue weighted by Crippen LogP contribution is 2.37. The fraction of sp³-hybridized carbons (Fsp3) is 0.346. The first-order valence-corrected chi connectivity index (χ1v) is 11.2. The van der Waals surface area contributed by atoms with Gasteiger partial charge in [0.1, 0.15) is 18.2 Å². The van der Waals surface area contributed by atoms with Gasteiger partial charge in [-0.05, 0) is 44.4 Å². The van der Waals surface area contributed by atoms with E-state index in [1.807, 2.05) is 30.3 Å². The molecule has 2 aromatic rings. The summed E-state index contributed by atoms with van der Waals surface area (Å²) in [5, 5.41) is 5.25. The lowest BCUT2D eigenvalue weighted by molar-refractivity contribution is -0.146. The molecule has 2 amide bonds. The van der Waals surface area contributed by atoms with Crippen LogP contribution >= 0.6 is 0 Å². The Morgan fingerprint density at radius 3 is 2.46 bits per heavy atom. The molecular formula is C26H30N2O7. The maximum Gasteiger partial charge on any atom is 0.408 e. The zero-order chi connectivity index (χ0) is 25.4. The van der Waals surface area contributed by atoms with Gasteiger partial charge in [-0.2, -0.15) is 0 Å². The molecule has 2 N–H and O–H groups in total. The number of benzene rings is 2. The molecule has 0 aliphatic carbocycles. The van der Waals surface area contributed by atoms with Crippen molar-refractivity contribution in [3.05, 3.63) is 66.2 Å². The summed E-state index contributed by atoms with van der Waals surface area (Å²) in [6.45, 7) is 8.97. The van der Waals surface area contributed by atoms with Crippen molar-refractivity contribution in [2.24, 2.45) is 0 Å². The Hall–Kier alpha value is -4.01. The number of carbonyl (C=O) groups is 3. The molecule has 0 fully saturated rings. The van der Waals surface area contributed by atoms with Crippen LogP contribution in [-0.4, -0.2) is 36.4 Å². The van der Waals surface area contributed by atoms with E-state index in [4.69, 9.17) is 18.9 Å². The van der Waals surface area contributed by atoms with E-state index in [-0.39, 0.29) is 19.8 Å². The minimum atomic E-state index is -1.24. The maximum absolute atomic E-state index is 13.2. The predicted octanol–water partition coefficient (Wildman–Crippen LogP) is 4.11. The van der Waals surface area contributed by atoms with Gasteiger partial charge in [-0.15, -0.1) is 6.58 Å². The third-order valence-electron chi connectivity index (χ3n) is 4.84. The molecule has 186 valence electrons. The van der Waals surface area contributed by atoms with Crippen molar-refractivity contribution in [2.45, 2.75) is 51.9 Å². The number of fused-ring (bicyclic) bond motifs is 1. The molecule has 1 heterocycles. The highest BCUT2D eigenvalue weighted by molar-refractivity contribution is 5.99. The van der Waals surface area contributed by atoms with Crippen LogP contribution in [0.1, 0.15) is 38.3 Å². The molecular weight excluding hydrogens is 452 g/mol. The quantitative estimate of drug-likeness (QED) is 0.409. The first-order chi connectivity index (χ1) is 16.6. The first kappa shape index (κ1) is 25.6. The van der Waals surface area contributed by atoms with Gasteiger partial charge in [-0.1, -0.05) is 36.4 Å². The Balaban J connectivity index is 1.74. The van der Waals surface area contributed by atoms with Crippen LogP contribution in [0.5, 0.6) is 11.5 Å². The molecule has 0 unspecified atom stereocenters. The van der Waals surface area contributed by atoms with Gasteiger partial charge in [0.15, 0.2) is 11.5 Å². The van der Waals surface area contributed by atoms with Crippen molar-refractivity contribution in [1.29, 1.82) is 0 Å². The van der Waals surface area contributed by atoms with Crippen LogP contribution in [0.25, 0.3) is 0 Å². The summed E-state index contributed by atoms with van der Waals surface area (Å²) < 4.78 is 21.4. The number of nitrogens with one attached hydrogen (secondary N) is 2. The normalized spacial score (nSPS) is 12.9.